The van der Waals surface area contributed by atoms with Gasteiger partial charge in [0.05, 0.1) is 18.1 Å². The van der Waals surface area contributed by atoms with Crippen molar-refractivity contribution in [2.45, 2.75) is 19.0 Å². The second-order valence-electron chi connectivity index (χ2n) is 5.69. The van der Waals surface area contributed by atoms with E-state index >= 15 is 0 Å². The van der Waals surface area contributed by atoms with E-state index < -0.39 is 21.8 Å². The van der Waals surface area contributed by atoms with Crippen molar-refractivity contribution in [2.24, 2.45) is 0 Å². The fourth-order valence-electron chi connectivity index (χ4n) is 2.47. The summed E-state index contributed by atoms with van der Waals surface area (Å²) < 4.78 is 22.9. The van der Waals surface area contributed by atoms with Crippen molar-refractivity contribution in [3.8, 4) is 0 Å². The molecule has 23 heavy (non-hydrogen) atoms. The lowest BCUT2D eigenvalue weighted by molar-refractivity contribution is -0.121. The van der Waals surface area contributed by atoms with Crippen LogP contribution in [0.15, 0.2) is 30.3 Å². The van der Waals surface area contributed by atoms with Gasteiger partial charge in [0.25, 0.3) is 0 Å². The van der Waals surface area contributed by atoms with E-state index in [0.29, 0.717) is 13.0 Å². The molecule has 7 nitrogen and oxygen atoms in total. The number of carbonyl (C=O) groups excluding carboxylic acids is 2. The molecule has 1 aromatic rings. The Morgan fingerprint density at radius 3 is 2.57 bits per heavy atom. The van der Waals surface area contributed by atoms with Crippen LogP contribution < -0.4 is 10.6 Å². The lowest BCUT2D eigenvalue weighted by atomic mass is 10.2. The van der Waals surface area contributed by atoms with Crippen LogP contribution in [0.2, 0.25) is 0 Å². The van der Waals surface area contributed by atoms with Crippen LogP contribution in [0.4, 0.5) is 4.79 Å². The molecule has 0 bridgehead atoms. The summed E-state index contributed by atoms with van der Waals surface area (Å²) in [5, 5.41) is 4.85. The van der Waals surface area contributed by atoms with E-state index in [1.807, 2.05) is 30.3 Å². The van der Waals surface area contributed by atoms with Crippen molar-refractivity contribution in [2.75, 3.05) is 25.1 Å². The third kappa shape index (κ3) is 5.65. The van der Waals surface area contributed by atoms with Crippen molar-refractivity contribution in [1.29, 1.82) is 0 Å². The number of amides is 3. The molecule has 1 aliphatic heterocycles. The second kappa shape index (κ2) is 7.56. The van der Waals surface area contributed by atoms with Gasteiger partial charge in [0.2, 0.25) is 5.91 Å². The number of imide groups is 1. The Bertz CT molecular complexity index is 661. The van der Waals surface area contributed by atoms with E-state index in [1.54, 1.807) is 11.9 Å². The van der Waals surface area contributed by atoms with Gasteiger partial charge in [-0.1, -0.05) is 30.3 Å². The van der Waals surface area contributed by atoms with Crippen LogP contribution in [0.3, 0.4) is 0 Å². The summed E-state index contributed by atoms with van der Waals surface area (Å²) in [7, 11) is -1.30. The Labute approximate surface area is 136 Å². The van der Waals surface area contributed by atoms with E-state index in [-0.39, 0.29) is 24.1 Å². The van der Waals surface area contributed by atoms with Crippen molar-refractivity contribution < 1.29 is 18.0 Å². The van der Waals surface area contributed by atoms with Crippen LogP contribution in [0.5, 0.6) is 0 Å². The highest BCUT2D eigenvalue weighted by atomic mass is 32.2. The lowest BCUT2D eigenvalue weighted by Gasteiger charge is -2.22. The number of likely N-dealkylation sites (N-methyl/N-ethyl adjacent to an activating group) is 1. The predicted octanol–water partition coefficient (Wildman–Crippen LogP) is 0.131. The molecule has 2 rings (SSSR count). The van der Waals surface area contributed by atoms with Gasteiger partial charge in [0.15, 0.2) is 9.84 Å². The Balaban J connectivity index is 1.72. The first-order chi connectivity index (χ1) is 10.9. The molecule has 1 saturated heterocycles. The van der Waals surface area contributed by atoms with Crippen LogP contribution in [-0.4, -0.2) is 56.4 Å². The maximum absolute atomic E-state index is 11.8. The monoisotopic (exact) mass is 339 g/mol. The molecule has 0 radical (unpaired) electrons. The topological polar surface area (TPSA) is 95.6 Å². The van der Waals surface area contributed by atoms with Crippen molar-refractivity contribution in [1.82, 2.24) is 15.5 Å². The van der Waals surface area contributed by atoms with Gasteiger partial charge >= 0.3 is 6.03 Å². The summed E-state index contributed by atoms with van der Waals surface area (Å²) in [4.78, 5) is 25.2. The molecule has 0 aliphatic carbocycles. The minimum absolute atomic E-state index is 0.0149. The fraction of sp³-hybridized carbons (Fsp3) is 0.467. The third-order valence-corrected chi connectivity index (χ3v) is 5.52. The zero-order chi connectivity index (χ0) is 16.9. The number of rotatable bonds is 5. The van der Waals surface area contributed by atoms with E-state index in [0.717, 1.165) is 5.56 Å². The largest absolute Gasteiger partial charge is 0.334 e. The maximum atomic E-state index is 11.8. The normalized spacial score (nSPS) is 19.5. The quantitative estimate of drug-likeness (QED) is 0.795. The minimum Gasteiger partial charge on any atom is -0.334 e. The highest BCUT2D eigenvalue weighted by molar-refractivity contribution is 7.91. The van der Waals surface area contributed by atoms with Gasteiger partial charge < -0.3 is 5.32 Å². The van der Waals surface area contributed by atoms with Crippen molar-refractivity contribution in [3.63, 3.8) is 0 Å². The smallest absolute Gasteiger partial charge is 0.321 e. The summed E-state index contributed by atoms with van der Waals surface area (Å²) in [6.45, 7) is 0.315. The summed E-state index contributed by atoms with van der Waals surface area (Å²) in [6.07, 6.45) is 0.520. The Hall–Kier alpha value is -1.93. The summed E-state index contributed by atoms with van der Waals surface area (Å²) in [5.74, 6) is -0.236. The van der Waals surface area contributed by atoms with Crippen LogP contribution >= 0.6 is 0 Å². The summed E-state index contributed by atoms with van der Waals surface area (Å²) in [6, 6.07) is 8.62. The molecular weight excluding hydrogens is 318 g/mol. The summed E-state index contributed by atoms with van der Waals surface area (Å²) >= 11 is 0. The number of hydrogen-bond donors (Lipinski definition) is 2. The molecular formula is C15H21N3O4S. The summed E-state index contributed by atoms with van der Waals surface area (Å²) in [5.41, 5.74) is 0.934. The van der Waals surface area contributed by atoms with E-state index in [4.69, 9.17) is 0 Å². The van der Waals surface area contributed by atoms with Gasteiger partial charge in [-0.3, -0.25) is 15.0 Å². The van der Waals surface area contributed by atoms with Crippen LogP contribution in [0, 0.1) is 0 Å². The highest BCUT2D eigenvalue weighted by Crippen LogP contribution is 2.15. The van der Waals surface area contributed by atoms with Crippen LogP contribution in [0.25, 0.3) is 0 Å². The highest BCUT2D eigenvalue weighted by Gasteiger charge is 2.31. The van der Waals surface area contributed by atoms with Gasteiger partial charge in [0.1, 0.15) is 0 Å². The van der Waals surface area contributed by atoms with Gasteiger partial charge in [-0.15, -0.1) is 0 Å². The number of nitrogens with zero attached hydrogens (tertiary/aromatic N) is 1. The Morgan fingerprint density at radius 1 is 1.26 bits per heavy atom. The third-order valence-electron chi connectivity index (χ3n) is 3.77. The van der Waals surface area contributed by atoms with E-state index in [9.17, 15) is 18.0 Å². The first kappa shape index (κ1) is 17.4. The Kier molecular flexibility index (Phi) is 5.73. The Morgan fingerprint density at radius 2 is 1.96 bits per heavy atom. The lowest BCUT2D eigenvalue weighted by Crippen LogP contribution is -2.46. The number of benzene rings is 1. The fourth-order valence-corrected chi connectivity index (χ4v) is 4.27. The molecule has 0 aromatic heterocycles. The molecule has 1 aromatic carbocycles. The number of urea groups is 1. The molecule has 1 atom stereocenters. The van der Waals surface area contributed by atoms with E-state index in [1.165, 1.54) is 0 Å². The molecule has 1 aliphatic rings. The first-order valence-corrected chi connectivity index (χ1v) is 9.20. The predicted molar refractivity (Wildman–Crippen MR) is 86.5 cm³/mol. The van der Waals surface area contributed by atoms with Crippen LogP contribution in [-0.2, 0) is 21.2 Å². The molecule has 0 unspecified atom stereocenters. The zero-order valence-corrected chi connectivity index (χ0v) is 13.8. The molecule has 1 heterocycles. The molecule has 2 N–H and O–H groups in total. The van der Waals surface area contributed by atoms with Crippen molar-refractivity contribution in [3.05, 3.63) is 35.9 Å². The number of hydrogen-bond acceptors (Lipinski definition) is 5. The number of carbonyl (C=O) groups is 2. The molecule has 1 fully saturated rings. The van der Waals surface area contributed by atoms with E-state index in [2.05, 4.69) is 10.6 Å². The standard InChI is InChI=1S/C15H21N3O4S/c1-18(13-7-8-23(21,22)11-13)10-14(19)17-15(20)16-9-12-5-3-2-4-6-12/h2-6,13H,7-11H2,1H3,(H2,16,17,19,20)/t13-/m1/s1. The minimum atomic E-state index is -2.99. The zero-order valence-electron chi connectivity index (χ0n) is 13.0. The van der Waals surface area contributed by atoms with Crippen molar-refractivity contribution >= 4 is 21.8 Å². The molecule has 126 valence electrons. The second-order valence-corrected chi connectivity index (χ2v) is 7.92. The average Bonchev–Trinajstić information content (AvgIpc) is 2.86. The number of nitrogens with one attached hydrogen (secondary N) is 2. The maximum Gasteiger partial charge on any atom is 0.321 e. The van der Waals surface area contributed by atoms with Gasteiger partial charge in [-0.2, -0.15) is 0 Å². The van der Waals surface area contributed by atoms with Gasteiger partial charge in [-0.05, 0) is 19.0 Å². The first-order valence-electron chi connectivity index (χ1n) is 7.38. The van der Waals surface area contributed by atoms with Gasteiger partial charge in [-0.25, -0.2) is 13.2 Å². The van der Waals surface area contributed by atoms with Crippen LogP contribution in [0.1, 0.15) is 12.0 Å². The number of sulfone groups is 1. The molecule has 0 saturated carbocycles. The molecule has 0 spiro atoms. The molecule has 3 amide bonds. The van der Waals surface area contributed by atoms with Gasteiger partial charge in [0, 0.05) is 12.6 Å². The molecule has 8 heteroatoms. The SMILES string of the molecule is CN(CC(=O)NC(=O)NCc1ccccc1)[C@@H]1CCS(=O)(=O)C1. The average molecular weight is 339 g/mol.